The average Bonchev–Trinajstić information content (AvgIpc) is 3.09. The van der Waals surface area contributed by atoms with Crippen LogP contribution in [-0.2, 0) is 17.1 Å². The fourth-order valence-electron chi connectivity index (χ4n) is 3.30. The van der Waals surface area contributed by atoms with Crippen molar-refractivity contribution in [2.75, 3.05) is 26.0 Å². The lowest BCUT2D eigenvalue weighted by molar-refractivity contribution is 0.0779. The highest BCUT2D eigenvalue weighted by molar-refractivity contribution is 7.89. The number of aryl methyl sites for hydroxylation is 1. The molecule has 0 saturated carbocycles. The Morgan fingerprint density at radius 2 is 2.12 bits per heavy atom. The van der Waals surface area contributed by atoms with Gasteiger partial charge in [0, 0.05) is 31.0 Å². The zero-order valence-electron chi connectivity index (χ0n) is 13.7. The predicted molar refractivity (Wildman–Crippen MR) is 91.5 cm³/mol. The monoisotopic (exact) mass is 351 g/mol. The Balaban J connectivity index is 1.83. The third-order valence-corrected chi connectivity index (χ3v) is 5.45. The van der Waals surface area contributed by atoms with Crippen LogP contribution < -0.4 is 9.88 Å². The number of amides is 1. The molecule has 0 aliphatic carbocycles. The minimum absolute atomic E-state index is 0.0803. The molecule has 1 saturated heterocycles. The summed E-state index contributed by atoms with van der Waals surface area (Å²) in [6, 6.07) is 7.50. The lowest BCUT2D eigenvalue weighted by atomic mass is 10.2. The van der Waals surface area contributed by atoms with Gasteiger partial charge in [-0.05, 0) is 36.6 Å². The number of benzene rings is 1. The van der Waals surface area contributed by atoms with Crippen LogP contribution >= 0.6 is 0 Å². The summed E-state index contributed by atoms with van der Waals surface area (Å²) >= 11 is 0. The number of methoxy groups -OCH3 is 1. The highest BCUT2D eigenvalue weighted by atomic mass is 32.2. The molecule has 1 amide bonds. The first-order chi connectivity index (χ1) is 11.3. The number of hydrogen-bond donors (Lipinski definition) is 1. The molecule has 0 unspecified atom stereocenters. The fourth-order valence-corrected chi connectivity index (χ4v) is 4.23. The predicted octanol–water partition coefficient (Wildman–Crippen LogP) is 0.937. The molecular weight excluding hydrogens is 330 g/mol. The van der Waals surface area contributed by atoms with Gasteiger partial charge in [-0.15, -0.1) is 0 Å². The molecule has 8 heteroatoms. The number of nitrogens with two attached hydrogens (primary N) is 1. The molecule has 0 spiro atoms. The molecule has 0 bridgehead atoms. The van der Waals surface area contributed by atoms with Crippen LogP contribution in [0.2, 0.25) is 0 Å². The number of aromatic nitrogens is 1. The standard InChI is InChI=1S/C16H21N3O4S/c1-18-14-4-3-13(23-2)7-12(14)8-15(18)16(20)19-6-5-11(9-19)10-24(17,21)22/h3-4,7-8,11H,5-6,9-10H2,1-2H3,(H2,17,21,22)/t11-/m0/s1. The first kappa shape index (κ1) is 16.8. The van der Waals surface area contributed by atoms with Crippen molar-refractivity contribution in [1.29, 1.82) is 0 Å². The highest BCUT2D eigenvalue weighted by Crippen LogP contribution is 2.26. The van der Waals surface area contributed by atoms with E-state index < -0.39 is 10.0 Å². The molecule has 7 nitrogen and oxygen atoms in total. The minimum atomic E-state index is -3.51. The van der Waals surface area contributed by atoms with Gasteiger partial charge in [0.1, 0.15) is 11.4 Å². The number of carbonyl (C=O) groups excluding carboxylic acids is 1. The SMILES string of the molecule is COc1ccc2c(c1)cc(C(=O)N1CC[C@H](CS(N)(=O)=O)C1)n2C. The van der Waals surface area contributed by atoms with Crippen molar-refractivity contribution in [1.82, 2.24) is 9.47 Å². The molecule has 1 aromatic heterocycles. The summed E-state index contributed by atoms with van der Waals surface area (Å²) in [5.41, 5.74) is 1.52. The second-order valence-electron chi connectivity index (χ2n) is 6.25. The average molecular weight is 351 g/mol. The van der Waals surface area contributed by atoms with Crippen molar-refractivity contribution in [2.45, 2.75) is 6.42 Å². The normalized spacial score (nSPS) is 18.3. The Bertz CT molecular complexity index is 888. The molecule has 1 aliphatic heterocycles. The van der Waals surface area contributed by atoms with Gasteiger partial charge in [0.25, 0.3) is 5.91 Å². The van der Waals surface area contributed by atoms with Crippen LogP contribution in [0.3, 0.4) is 0 Å². The molecule has 1 aromatic carbocycles. The molecule has 2 N–H and O–H groups in total. The van der Waals surface area contributed by atoms with E-state index in [0.29, 0.717) is 25.2 Å². The maximum absolute atomic E-state index is 12.8. The Kier molecular flexibility index (Phi) is 4.27. The number of fused-ring (bicyclic) bond motifs is 1. The minimum Gasteiger partial charge on any atom is -0.497 e. The summed E-state index contributed by atoms with van der Waals surface area (Å²) in [5.74, 6) is 0.466. The van der Waals surface area contributed by atoms with Crippen molar-refractivity contribution in [3.05, 3.63) is 30.0 Å². The van der Waals surface area contributed by atoms with Gasteiger partial charge in [0.05, 0.1) is 12.9 Å². The van der Waals surface area contributed by atoms with Crippen LogP contribution in [0.1, 0.15) is 16.9 Å². The number of rotatable bonds is 4. The fraction of sp³-hybridized carbons (Fsp3) is 0.438. The number of hydrogen-bond acceptors (Lipinski definition) is 4. The van der Waals surface area contributed by atoms with Crippen LogP contribution in [0.4, 0.5) is 0 Å². The molecule has 1 atom stereocenters. The second kappa shape index (κ2) is 6.10. The van der Waals surface area contributed by atoms with Gasteiger partial charge in [0.15, 0.2) is 0 Å². The maximum atomic E-state index is 12.8. The zero-order chi connectivity index (χ0) is 17.5. The number of nitrogens with zero attached hydrogens (tertiary/aromatic N) is 2. The van der Waals surface area contributed by atoms with Crippen molar-refractivity contribution in [3.63, 3.8) is 0 Å². The van der Waals surface area contributed by atoms with Crippen molar-refractivity contribution in [3.8, 4) is 5.75 Å². The van der Waals surface area contributed by atoms with Gasteiger partial charge < -0.3 is 14.2 Å². The zero-order valence-corrected chi connectivity index (χ0v) is 14.5. The van der Waals surface area contributed by atoms with Crippen LogP contribution in [0.25, 0.3) is 10.9 Å². The molecule has 2 heterocycles. The summed E-state index contributed by atoms with van der Waals surface area (Å²) in [5, 5.41) is 6.03. The van der Waals surface area contributed by atoms with Gasteiger partial charge in [-0.25, -0.2) is 13.6 Å². The summed E-state index contributed by atoms with van der Waals surface area (Å²) in [7, 11) is -0.0644. The summed E-state index contributed by atoms with van der Waals surface area (Å²) < 4.78 is 29.5. The smallest absolute Gasteiger partial charge is 0.270 e. The lowest BCUT2D eigenvalue weighted by Crippen LogP contribution is -2.31. The topological polar surface area (TPSA) is 94.6 Å². The third kappa shape index (κ3) is 3.25. The van der Waals surface area contributed by atoms with Crippen LogP contribution in [0, 0.1) is 5.92 Å². The van der Waals surface area contributed by atoms with Crippen LogP contribution in [-0.4, -0.2) is 49.7 Å². The molecular formula is C16H21N3O4S. The van der Waals surface area contributed by atoms with Crippen LogP contribution in [0.5, 0.6) is 5.75 Å². The Morgan fingerprint density at radius 3 is 2.79 bits per heavy atom. The molecule has 3 rings (SSSR count). The van der Waals surface area contributed by atoms with Crippen molar-refractivity contribution < 1.29 is 17.9 Å². The molecule has 130 valence electrons. The molecule has 1 aliphatic rings. The number of likely N-dealkylation sites (tertiary alicyclic amines) is 1. The van der Waals surface area contributed by atoms with E-state index in [-0.39, 0.29) is 17.6 Å². The van der Waals surface area contributed by atoms with E-state index in [1.54, 1.807) is 12.0 Å². The summed E-state index contributed by atoms with van der Waals surface area (Å²) in [6.07, 6.45) is 0.653. The molecule has 24 heavy (non-hydrogen) atoms. The number of carbonyl (C=O) groups is 1. The van der Waals surface area contributed by atoms with Crippen molar-refractivity contribution in [2.24, 2.45) is 18.1 Å². The van der Waals surface area contributed by atoms with Gasteiger partial charge in [-0.1, -0.05) is 0 Å². The highest BCUT2D eigenvalue weighted by Gasteiger charge is 2.30. The van der Waals surface area contributed by atoms with Gasteiger partial charge in [0.2, 0.25) is 10.0 Å². The second-order valence-corrected chi connectivity index (χ2v) is 7.91. The molecule has 2 aromatic rings. The van der Waals surface area contributed by atoms with Gasteiger partial charge in [-0.2, -0.15) is 0 Å². The Hall–Kier alpha value is -2.06. The van der Waals surface area contributed by atoms with Gasteiger partial charge in [-0.3, -0.25) is 4.79 Å². The Labute approximate surface area is 141 Å². The van der Waals surface area contributed by atoms with E-state index in [0.717, 1.165) is 16.7 Å². The lowest BCUT2D eigenvalue weighted by Gasteiger charge is -2.16. The van der Waals surface area contributed by atoms with E-state index in [1.807, 2.05) is 35.9 Å². The first-order valence-corrected chi connectivity index (χ1v) is 9.43. The number of primary sulfonamides is 1. The third-order valence-electron chi connectivity index (χ3n) is 4.51. The first-order valence-electron chi connectivity index (χ1n) is 7.71. The largest absolute Gasteiger partial charge is 0.497 e. The Morgan fingerprint density at radius 1 is 1.38 bits per heavy atom. The number of sulfonamides is 1. The van der Waals surface area contributed by atoms with E-state index in [1.165, 1.54) is 0 Å². The quantitative estimate of drug-likeness (QED) is 0.887. The maximum Gasteiger partial charge on any atom is 0.270 e. The summed E-state index contributed by atoms with van der Waals surface area (Å²) in [6.45, 7) is 0.962. The van der Waals surface area contributed by atoms with Crippen molar-refractivity contribution >= 4 is 26.8 Å². The van der Waals surface area contributed by atoms with E-state index in [2.05, 4.69) is 0 Å². The van der Waals surface area contributed by atoms with Crippen LogP contribution in [0.15, 0.2) is 24.3 Å². The number of ether oxygens (including phenoxy) is 1. The molecule has 0 radical (unpaired) electrons. The van der Waals surface area contributed by atoms with Gasteiger partial charge >= 0.3 is 0 Å². The molecule has 1 fully saturated rings. The van der Waals surface area contributed by atoms with E-state index >= 15 is 0 Å². The summed E-state index contributed by atoms with van der Waals surface area (Å²) in [4.78, 5) is 14.5. The van der Waals surface area contributed by atoms with E-state index in [9.17, 15) is 13.2 Å². The van der Waals surface area contributed by atoms with E-state index in [4.69, 9.17) is 9.88 Å².